The van der Waals surface area contributed by atoms with Crippen LogP contribution in [0.1, 0.15) is 44.6 Å². The Hall–Kier alpha value is -0.840. The Balaban J connectivity index is 0.00000338. The minimum Gasteiger partial charge on any atom is -0.440 e. The minimum absolute atomic E-state index is 0. The number of rotatable bonds is 5. The molecular weight excluding hydrogens is 382 g/mol. The van der Waals surface area contributed by atoms with Crippen molar-refractivity contribution in [2.24, 2.45) is 5.92 Å². The number of amides is 1. The number of carbonyl (C=O) groups excluding carboxylic acids is 1. The molecule has 0 unspecified atom stereocenters. The van der Waals surface area contributed by atoms with E-state index in [2.05, 4.69) is 15.0 Å². The number of alkyl halides is 3. The molecular formula is C15H19F3N3NaO3S. The quantitative estimate of drug-likeness (QED) is 0.745. The van der Waals surface area contributed by atoms with Crippen LogP contribution >= 0.6 is 0 Å². The summed E-state index contributed by atoms with van der Waals surface area (Å²) in [4.78, 5) is 15.8. The van der Waals surface area contributed by atoms with Gasteiger partial charge in [-0.25, -0.2) is 8.42 Å². The van der Waals surface area contributed by atoms with Gasteiger partial charge in [-0.15, -0.1) is 0 Å². The van der Waals surface area contributed by atoms with Crippen molar-refractivity contribution in [3.05, 3.63) is 22.5 Å². The molecule has 1 fully saturated rings. The van der Waals surface area contributed by atoms with E-state index in [0.717, 1.165) is 19.3 Å². The number of halogens is 3. The Morgan fingerprint density at radius 1 is 1.31 bits per heavy atom. The Morgan fingerprint density at radius 2 is 1.92 bits per heavy atom. The number of hydrogen-bond acceptors (Lipinski definition) is 4. The van der Waals surface area contributed by atoms with Crippen LogP contribution in [0.5, 0.6) is 0 Å². The second-order valence-corrected chi connectivity index (χ2v) is 7.80. The van der Waals surface area contributed by atoms with Gasteiger partial charge in [0.1, 0.15) is 0 Å². The first-order valence-electron chi connectivity index (χ1n) is 7.96. The SMILES string of the molecule is CCS(=O)(=O)[N-]c1ncc(C(F)(F)F)cc1NC(=O)C1CCCCC1.[Na+]. The monoisotopic (exact) mass is 401 g/mol. The van der Waals surface area contributed by atoms with Crippen LogP contribution < -0.4 is 34.9 Å². The fourth-order valence-corrected chi connectivity index (χ4v) is 3.11. The Morgan fingerprint density at radius 3 is 2.46 bits per heavy atom. The normalized spacial score (nSPS) is 15.8. The molecule has 1 saturated carbocycles. The standard InChI is InChI=1S/C15H20F3N3O3S.Na/c1-2-25(23,24)21-13-12(8-11(9-19-13)15(16,17)18)20-14(22)10-6-4-3-5-7-10;/h8-10H,2-7H2,1H3,(H2,19,20,21,22);/q;+1/p-1. The Kier molecular flexibility index (Phi) is 8.37. The molecule has 1 N–H and O–H groups in total. The summed E-state index contributed by atoms with van der Waals surface area (Å²) in [6, 6.07) is 0.664. The third-order valence-corrected chi connectivity index (χ3v) is 5.20. The maximum atomic E-state index is 12.9. The molecule has 0 spiro atoms. The molecule has 0 saturated heterocycles. The number of hydrogen-bond donors (Lipinski definition) is 1. The first kappa shape index (κ1) is 23.2. The number of carbonyl (C=O) groups is 1. The van der Waals surface area contributed by atoms with E-state index < -0.39 is 33.5 Å². The fourth-order valence-electron chi connectivity index (χ4n) is 2.57. The van der Waals surface area contributed by atoms with Crippen LogP contribution in [0, 0.1) is 5.92 Å². The molecule has 26 heavy (non-hydrogen) atoms. The van der Waals surface area contributed by atoms with Crippen molar-refractivity contribution in [1.82, 2.24) is 4.98 Å². The van der Waals surface area contributed by atoms with Crippen molar-refractivity contribution in [2.45, 2.75) is 45.2 Å². The number of nitrogens with one attached hydrogen (secondary N) is 1. The molecule has 6 nitrogen and oxygen atoms in total. The summed E-state index contributed by atoms with van der Waals surface area (Å²) in [5, 5.41) is 2.38. The predicted octanol–water partition coefficient (Wildman–Crippen LogP) is 0.978. The smallest absolute Gasteiger partial charge is 0.440 e. The van der Waals surface area contributed by atoms with E-state index in [1.54, 1.807) is 0 Å². The second-order valence-electron chi connectivity index (χ2n) is 5.88. The molecule has 1 aromatic heterocycles. The zero-order valence-corrected chi connectivity index (χ0v) is 17.5. The van der Waals surface area contributed by atoms with Crippen LogP contribution in [-0.2, 0) is 21.0 Å². The summed E-state index contributed by atoms with van der Waals surface area (Å²) in [6.45, 7) is 1.35. The largest absolute Gasteiger partial charge is 1.00 e. The molecule has 0 atom stereocenters. The maximum absolute atomic E-state index is 12.9. The molecule has 140 valence electrons. The third kappa shape index (κ3) is 6.40. The minimum atomic E-state index is -4.67. The van der Waals surface area contributed by atoms with Gasteiger partial charge in [-0.1, -0.05) is 32.4 Å². The zero-order valence-electron chi connectivity index (χ0n) is 14.6. The van der Waals surface area contributed by atoms with Gasteiger partial charge in [0, 0.05) is 17.4 Å². The molecule has 1 amide bonds. The first-order valence-corrected chi connectivity index (χ1v) is 9.57. The molecule has 1 heterocycles. The predicted molar refractivity (Wildman–Crippen MR) is 86.9 cm³/mol. The average Bonchev–Trinajstić information content (AvgIpc) is 2.56. The van der Waals surface area contributed by atoms with E-state index in [1.807, 2.05) is 0 Å². The molecule has 1 aliphatic carbocycles. The molecule has 0 aromatic carbocycles. The van der Waals surface area contributed by atoms with Gasteiger partial charge < -0.3 is 15.0 Å². The third-order valence-electron chi connectivity index (χ3n) is 4.02. The van der Waals surface area contributed by atoms with Crippen LogP contribution in [0.2, 0.25) is 0 Å². The van der Waals surface area contributed by atoms with Crippen molar-refractivity contribution in [3.63, 3.8) is 0 Å². The summed E-state index contributed by atoms with van der Waals surface area (Å²) in [6.07, 6.45) is -0.0966. The van der Waals surface area contributed by atoms with Crippen molar-refractivity contribution in [1.29, 1.82) is 0 Å². The van der Waals surface area contributed by atoms with E-state index in [9.17, 15) is 26.4 Å². The van der Waals surface area contributed by atoms with Gasteiger partial charge in [0.25, 0.3) is 0 Å². The summed E-state index contributed by atoms with van der Waals surface area (Å²) >= 11 is 0. The number of pyridine rings is 1. The average molecular weight is 401 g/mol. The molecule has 2 rings (SSSR count). The summed E-state index contributed by atoms with van der Waals surface area (Å²) in [7, 11) is -3.87. The number of anilines is 1. The van der Waals surface area contributed by atoms with Crippen molar-refractivity contribution in [2.75, 3.05) is 11.1 Å². The summed E-state index contributed by atoms with van der Waals surface area (Å²) in [5.74, 6) is -1.52. The fraction of sp³-hybridized carbons (Fsp3) is 0.600. The van der Waals surface area contributed by atoms with Crippen LogP contribution in [0.4, 0.5) is 24.7 Å². The second kappa shape index (κ2) is 9.38. The molecule has 11 heteroatoms. The van der Waals surface area contributed by atoms with Gasteiger partial charge >= 0.3 is 35.7 Å². The number of aromatic nitrogens is 1. The molecule has 1 aromatic rings. The Labute approximate surface area is 172 Å². The van der Waals surface area contributed by atoms with E-state index in [4.69, 9.17) is 0 Å². The zero-order chi connectivity index (χ0) is 18.7. The van der Waals surface area contributed by atoms with E-state index >= 15 is 0 Å². The molecule has 0 aliphatic heterocycles. The van der Waals surface area contributed by atoms with Gasteiger partial charge in [-0.05, 0) is 24.7 Å². The van der Waals surface area contributed by atoms with Crippen LogP contribution in [-0.4, -0.2) is 25.1 Å². The van der Waals surface area contributed by atoms with Gasteiger partial charge in [-0.3, -0.25) is 4.79 Å². The number of sulfonamides is 1. The van der Waals surface area contributed by atoms with Gasteiger partial charge in [0.05, 0.1) is 5.56 Å². The Bertz CT molecular complexity index is 735. The summed E-state index contributed by atoms with van der Waals surface area (Å²) < 4.78 is 65.4. The van der Waals surface area contributed by atoms with Crippen molar-refractivity contribution in [3.8, 4) is 0 Å². The van der Waals surface area contributed by atoms with E-state index in [0.29, 0.717) is 25.1 Å². The van der Waals surface area contributed by atoms with Crippen molar-refractivity contribution >= 4 is 27.4 Å². The van der Waals surface area contributed by atoms with Gasteiger partial charge in [0.2, 0.25) is 5.91 Å². The topological polar surface area (TPSA) is 90.2 Å². The van der Waals surface area contributed by atoms with Crippen LogP contribution in [0.3, 0.4) is 0 Å². The molecule has 0 bridgehead atoms. The van der Waals surface area contributed by atoms with Gasteiger partial charge in [-0.2, -0.15) is 13.2 Å². The van der Waals surface area contributed by atoms with Crippen molar-refractivity contribution < 1.29 is 55.9 Å². The molecule has 1 aliphatic rings. The van der Waals surface area contributed by atoms with Gasteiger partial charge in [0.15, 0.2) is 10.0 Å². The summed E-state index contributed by atoms with van der Waals surface area (Å²) in [5.41, 5.74) is -1.43. The maximum Gasteiger partial charge on any atom is 1.00 e. The molecule has 0 radical (unpaired) electrons. The first-order chi connectivity index (χ1) is 11.6. The van der Waals surface area contributed by atoms with Crippen LogP contribution in [0.25, 0.3) is 4.72 Å². The number of nitrogens with zero attached hydrogens (tertiary/aromatic N) is 2. The van der Waals surface area contributed by atoms with Crippen LogP contribution in [0.15, 0.2) is 12.3 Å². The van der Waals surface area contributed by atoms with E-state index in [-0.39, 0.29) is 46.9 Å². The van der Waals surface area contributed by atoms with E-state index in [1.165, 1.54) is 6.92 Å².